The molecule has 2 saturated heterocycles. The molecule has 19 heteroatoms. The molecule has 8 N–H and O–H groups in total. The summed E-state index contributed by atoms with van der Waals surface area (Å²) in [6.45, 7) is -2.02. The highest BCUT2D eigenvalue weighted by molar-refractivity contribution is 7.81. The molecule has 0 saturated carbocycles. The standard InChI is InChI=1S/C12H22O17S2/c13-1-3-9(6(15)7(16)11(18)26-3)28-12-8(17)10(29-31(22,23)24)5(14)4(27-12)2-25-30(19,20)21/h3-18H,1-2H2,(H,19,20,21)(H,22,23,24)/t3-,4-,5+,6-,7-,8-,9-,10+,11?,12+/m1/s1. The number of rotatable bonds is 8. The molecule has 0 aromatic heterocycles. The van der Waals surface area contributed by atoms with Crippen LogP contribution in [-0.2, 0) is 43.4 Å². The van der Waals surface area contributed by atoms with Crippen molar-refractivity contribution in [2.24, 2.45) is 0 Å². The van der Waals surface area contributed by atoms with Crippen molar-refractivity contribution in [1.82, 2.24) is 0 Å². The van der Waals surface area contributed by atoms with Gasteiger partial charge in [0.15, 0.2) is 12.6 Å². The Morgan fingerprint density at radius 3 is 1.87 bits per heavy atom. The Morgan fingerprint density at radius 1 is 0.742 bits per heavy atom. The molecule has 2 rings (SSSR count). The summed E-state index contributed by atoms with van der Waals surface area (Å²) in [5, 5.41) is 59.1. The molecule has 0 radical (unpaired) electrons. The lowest BCUT2D eigenvalue weighted by Crippen LogP contribution is -2.65. The summed E-state index contributed by atoms with van der Waals surface area (Å²) >= 11 is 0. The van der Waals surface area contributed by atoms with Crippen molar-refractivity contribution >= 4 is 20.8 Å². The van der Waals surface area contributed by atoms with Crippen LogP contribution in [0.3, 0.4) is 0 Å². The summed E-state index contributed by atoms with van der Waals surface area (Å²) < 4.78 is 84.5. The van der Waals surface area contributed by atoms with Crippen LogP contribution in [0.5, 0.6) is 0 Å². The highest BCUT2D eigenvalue weighted by Crippen LogP contribution is 2.30. The summed E-state index contributed by atoms with van der Waals surface area (Å²) in [5.41, 5.74) is 0. The van der Waals surface area contributed by atoms with E-state index < -0.39 is 95.4 Å². The van der Waals surface area contributed by atoms with Crippen molar-refractivity contribution < 1.29 is 79.2 Å². The van der Waals surface area contributed by atoms with Crippen LogP contribution in [0, 0.1) is 0 Å². The maximum Gasteiger partial charge on any atom is 0.397 e. The zero-order chi connectivity index (χ0) is 23.7. The first-order chi connectivity index (χ1) is 14.1. The fraction of sp³-hybridized carbons (Fsp3) is 1.00. The van der Waals surface area contributed by atoms with E-state index in [1.54, 1.807) is 0 Å². The summed E-state index contributed by atoms with van der Waals surface area (Å²) in [4.78, 5) is 0. The second kappa shape index (κ2) is 10.1. The number of aliphatic hydroxyl groups is 6. The van der Waals surface area contributed by atoms with E-state index in [1.807, 2.05) is 0 Å². The molecule has 184 valence electrons. The van der Waals surface area contributed by atoms with Gasteiger partial charge in [-0.1, -0.05) is 0 Å². The van der Waals surface area contributed by atoms with Crippen LogP contribution in [0.2, 0.25) is 0 Å². The van der Waals surface area contributed by atoms with Gasteiger partial charge in [-0.15, -0.1) is 0 Å². The number of ether oxygens (including phenoxy) is 3. The van der Waals surface area contributed by atoms with Crippen LogP contribution in [0.1, 0.15) is 0 Å². The van der Waals surface area contributed by atoms with Crippen molar-refractivity contribution in [3.8, 4) is 0 Å². The summed E-state index contributed by atoms with van der Waals surface area (Å²) in [6, 6.07) is 0. The normalized spacial score (nSPS) is 42.5. The maximum absolute atomic E-state index is 11.0. The predicted molar refractivity (Wildman–Crippen MR) is 89.4 cm³/mol. The molecule has 2 fully saturated rings. The molecule has 31 heavy (non-hydrogen) atoms. The van der Waals surface area contributed by atoms with Gasteiger partial charge in [0.25, 0.3) is 0 Å². The van der Waals surface area contributed by atoms with Crippen molar-refractivity contribution in [3.63, 3.8) is 0 Å². The Morgan fingerprint density at radius 2 is 1.35 bits per heavy atom. The van der Waals surface area contributed by atoms with E-state index in [1.165, 1.54) is 0 Å². The summed E-state index contributed by atoms with van der Waals surface area (Å²) in [6.07, 6.45) is -19.5. The first-order valence-electron chi connectivity index (χ1n) is 8.39. The Balaban J connectivity index is 2.28. The molecular weight excluding hydrogens is 480 g/mol. The molecule has 2 heterocycles. The Kier molecular flexibility index (Phi) is 8.68. The van der Waals surface area contributed by atoms with Crippen molar-refractivity contribution in [1.29, 1.82) is 0 Å². The third-order valence-electron chi connectivity index (χ3n) is 4.39. The van der Waals surface area contributed by atoms with E-state index >= 15 is 0 Å². The van der Waals surface area contributed by atoms with Crippen LogP contribution in [0.15, 0.2) is 0 Å². The second-order valence-corrected chi connectivity index (χ2v) is 8.69. The van der Waals surface area contributed by atoms with Crippen molar-refractivity contribution in [3.05, 3.63) is 0 Å². The molecule has 0 spiro atoms. The highest BCUT2D eigenvalue weighted by Gasteiger charge is 2.52. The molecule has 1 unspecified atom stereocenters. The van der Waals surface area contributed by atoms with Gasteiger partial charge in [0.05, 0.1) is 13.2 Å². The van der Waals surface area contributed by atoms with E-state index in [2.05, 4.69) is 8.37 Å². The first-order valence-corrected chi connectivity index (χ1v) is 11.1. The second-order valence-electron chi connectivity index (χ2n) is 6.55. The highest BCUT2D eigenvalue weighted by atomic mass is 32.3. The summed E-state index contributed by atoms with van der Waals surface area (Å²) in [5.74, 6) is 0. The minimum Gasteiger partial charge on any atom is -0.394 e. The largest absolute Gasteiger partial charge is 0.397 e. The van der Waals surface area contributed by atoms with E-state index in [0.717, 1.165) is 0 Å². The average molecular weight is 502 g/mol. The fourth-order valence-electron chi connectivity index (χ4n) is 2.95. The lowest BCUT2D eigenvalue weighted by Gasteiger charge is -2.45. The molecule has 0 aromatic carbocycles. The Labute approximate surface area is 175 Å². The number of hydrogen-bond donors (Lipinski definition) is 8. The third-order valence-corrected chi connectivity index (χ3v) is 5.29. The van der Waals surface area contributed by atoms with Gasteiger partial charge in [-0.2, -0.15) is 16.8 Å². The topological polar surface area (TPSA) is 276 Å². The van der Waals surface area contributed by atoms with Crippen molar-refractivity contribution in [2.45, 2.75) is 61.4 Å². The number of aliphatic hydroxyl groups excluding tert-OH is 6. The van der Waals surface area contributed by atoms with Gasteiger partial charge in [0, 0.05) is 0 Å². The first kappa shape index (κ1) is 26.6. The average Bonchev–Trinajstić information content (AvgIpc) is 2.64. The van der Waals surface area contributed by atoms with Gasteiger partial charge in [0.2, 0.25) is 0 Å². The predicted octanol–water partition coefficient (Wildman–Crippen LogP) is -5.74. The van der Waals surface area contributed by atoms with E-state index in [0.29, 0.717) is 0 Å². The van der Waals surface area contributed by atoms with Gasteiger partial charge < -0.3 is 44.8 Å². The van der Waals surface area contributed by atoms with Gasteiger partial charge >= 0.3 is 20.8 Å². The SMILES string of the molecule is O=S(=O)(O)OC[C@H]1O[C@@H](O[C@H]2[C@H](O)[C@@H](O)C(O)O[C@@H]2CO)[C@H](O)[C@@H](OS(=O)(=O)O)[C@H]1O. The van der Waals surface area contributed by atoms with Gasteiger partial charge in [-0.05, 0) is 0 Å². The van der Waals surface area contributed by atoms with Crippen LogP contribution in [-0.4, -0.2) is 131 Å². The van der Waals surface area contributed by atoms with Crippen LogP contribution < -0.4 is 0 Å². The lowest BCUT2D eigenvalue weighted by atomic mass is 9.97. The van der Waals surface area contributed by atoms with E-state index in [-0.39, 0.29) is 0 Å². The smallest absolute Gasteiger partial charge is 0.394 e. The molecule has 0 aliphatic carbocycles. The minimum atomic E-state index is -5.28. The van der Waals surface area contributed by atoms with E-state index in [9.17, 15) is 47.5 Å². The molecule has 2 aliphatic rings. The minimum absolute atomic E-state index is 0.878. The Hall–Kier alpha value is -0.620. The molecule has 0 bridgehead atoms. The van der Waals surface area contributed by atoms with Gasteiger partial charge in [-0.3, -0.25) is 9.11 Å². The molecule has 0 aromatic rings. The molecular formula is C12H22O17S2. The van der Waals surface area contributed by atoms with Crippen LogP contribution in [0.25, 0.3) is 0 Å². The Bertz CT molecular complexity index is 798. The zero-order valence-corrected chi connectivity index (χ0v) is 16.9. The molecule has 2 aliphatic heterocycles. The van der Waals surface area contributed by atoms with Gasteiger partial charge in [-0.25, -0.2) is 8.37 Å². The summed E-state index contributed by atoms with van der Waals surface area (Å²) in [7, 11) is -10.3. The van der Waals surface area contributed by atoms with Gasteiger partial charge in [0.1, 0.15) is 48.8 Å². The quantitative estimate of drug-likeness (QED) is 0.143. The third kappa shape index (κ3) is 6.93. The molecule has 17 nitrogen and oxygen atoms in total. The van der Waals surface area contributed by atoms with E-state index in [4.69, 9.17) is 23.3 Å². The van der Waals surface area contributed by atoms with Crippen molar-refractivity contribution in [2.75, 3.05) is 13.2 Å². The molecule has 0 amide bonds. The fourth-order valence-corrected chi connectivity index (χ4v) is 3.76. The molecule has 10 atom stereocenters. The number of hydrogen-bond acceptors (Lipinski definition) is 15. The monoisotopic (exact) mass is 502 g/mol. The maximum atomic E-state index is 11.0. The van der Waals surface area contributed by atoms with Crippen LogP contribution >= 0.6 is 0 Å². The lowest BCUT2D eigenvalue weighted by molar-refractivity contribution is -0.353. The van der Waals surface area contributed by atoms with Crippen LogP contribution in [0.4, 0.5) is 0 Å². The zero-order valence-electron chi connectivity index (χ0n) is 15.3.